The van der Waals surface area contributed by atoms with Crippen LogP contribution in [0, 0.1) is 11.3 Å². The second-order valence-corrected chi connectivity index (χ2v) is 10.2. The SMILES string of the molecule is CCCCc1ccccc1Nc1nc(N)c(C2=NC(=N)C3=C2C(c2ccccc2)C(C)CC3)s1. The van der Waals surface area contributed by atoms with Gasteiger partial charge in [0.05, 0.1) is 10.6 Å². The van der Waals surface area contributed by atoms with Crippen molar-refractivity contribution in [2.45, 2.75) is 51.9 Å². The number of amidine groups is 1. The minimum absolute atomic E-state index is 0.208. The number of aliphatic imine (C=N–C) groups is 1. The Kier molecular flexibility index (Phi) is 6.33. The predicted octanol–water partition coefficient (Wildman–Crippen LogP) is 7.10. The monoisotopic (exact) mass is 469 g/mol. The van der Waals surface area contributed by atoms with Gasteiger partial charge in [-0.25, -0.2) is 9.98 Å². The highest BCUT2D eigenvalue weighted by molar-refractivity contribution is 7.18. The Balaban J connectivity index is 1.50. The summed E-state index contributed by atoms with van der Waals surface area (Å²) in [4.78, 5) is 10.3. The average molecular weight is 470 g/mol. The summed E-state index contributed by atoms with van der Waals surface area (Å²) in [7, 11) is 0. The normalized spacial score (nSPS) is 19.8. The number of nitrogens with two attached hydrogens (primary N) is 1. The third kappa shape index (κ3) is 4.18. The number of benzene rings is 2. The fourth-order valence-electron chi connectivity index (χ4n) is 5.15. The number of hydrogen-bond donors (Lipinski definition) is 3. The number of thiazole rings is 1. The molecule has 2 atom stereocenters. The zero-order valence-electron chi connectivity index (χ0n) is 19.8. The molecule has 2 aromatic carbocycles. The van der Waals surface area contributed by atoms with Gasteiger partial charge in [0.25, 0.3) is 0 Å². The van der Waals surface area contributed by atoms with Crippen LogP contribution in [0.2, 0.25) is 0 Å². The van der Waals surface area contributed by atoms with Gasteiger partial charge in [0, 0.05) is 17.2 Å². The smallest absolute Gasteiger partial charge is 0.189 e. The Morgan fingerprint density at radius 3 is 2.68 bits per heavy atom. The molecule has 0 spiro atoms. The standard InChI is InChI=1S/C28H31N5S/c1-3-4-10-18-11-8-9-14-21(18)31-28-33-27(30)25(34-28)24-23-20(26(29)32-24)16-15-17(2)22(23)19-12-6-5-7-13-19/h5-9,11-14,17,22,29H,3-4,10,15-16,30H2,1-2H3,(H,31,33). The Morgan fingerprint density at radius 1 is 1.12 bits per heavy atom. The van der Waals surface area contributed by atoms with Crippen LogP contribution < -0.4 is 11.1 Å². The third-order valence-electron chi connectivity index (χ3n) is 6.91. The zero-order chi connectivity index (χ0) is 23.7. The van der Waals surface area contributed by atoms with Crippen molar-refractivity contribution in [1.29, 1.82) is 5.41 Å². The van der Waals surface area contributed by atoms with Crippen LogP contribution in [-0.2, 0) is 6.42 Å². The van der Waals surface area contributed by atoms with Gasteiger partial charge in [-0.15, -0.1) is 0 Å². The summed E-state index contributed by atoms with van der Waals surface area (Å²) in [5.41, 5.74) is 13.2. The van der Waals surface area contributed by atoms with Crippen molar-refractivity contribution < 1.29 is 0 Å². The van der Waals surface area contributed by atoms with Crippen molar-refractivity contribution in [3.63, 3.8) is 0 Å². The maximum absolute atomic E-state index is 8.60. The van der Waals surface area contributed by atoms with Gasteiger partial charge in [-0.05, 0) is 54.4 Å². The lowest BCUT2D eigenvalue weighted by atomic mass is 9.71. The molecule has 1 aliphatic carbocycles. The number of para-hydroxylation sites is 1. The van der Waals surface area contributed by atoms with Crippen LogP contribution in [0.25, 0.3) is 0 Å². The fourth-order valence-corrected chi connectivity index (χ4v) is 6.05. The van der Waals surface area contributed by atoms with Crippen LogP contribution in [0.15, 0.2) is 70.7 Å². The summed E-state index contributed by atoms with van der Waals surface area (Å²) in [6.45, 7) is 4.51. The first-order valence-electron chi connectivity index (χ1n) is 12.1. The molecule has 1 aliphatic heterocycles. The predicted molar refractivity (Wildman–Crippen MR) is 144 cm³/mol. The van der Waals surface area contributed by atoms with E-state index in [1.165, 1.54) is 28.0 Å². The maximum Gasteiger partial charge on any atom is 0.189 e. The van der Waals surface area contributed by atoms with Gasteiger partial charge < -0.3 is 11.1 Å². The number of nitrogen functional groups attached to an aromatic ring is 1. The first-order valence-corrected chi connectivity index (χ1v) is 13.0. The highest BCUT2D eigenvalue weighted by atomic mass is 32.1. The van der Waals surface area contributed by atoms with Crippen LogP contribution >= 0.6 is 11.3 Å². The summed E-state index contributed by atoms with van der Waals surface area (Å²) in [5, 5.41) is 12.9. The second-order valence-electron chi connectivity index (χ2n) is 9.22. The lowest BCUT2D eigenvalue weighted by molar-refractivity contribution is 0.456. The first kappa shape index (κ1) is 22.5. The molecule has 0 radical (unpaired) electrons. The molecule has 2 heterocycles. The van der Waals surface area contributed by atoms with E-state index in [1.54, 1.807) is 0 Å². The Bertz CT molecular complexity index is 1270. The molecule has 5 rings (SSSR count). The molecule has 6 heteroatoms. The molecule has 5 nitrogen and oxygen atoms in total. The number of nitrogens with one attached hydrogen (secondary N) is 2. The van der Waals surface area contributed by atoms with Crippen LogP contribution in [0.3, 0.4) is 0 Å². The second kappa shape index (κ2) is 9.55. The molecular weight excluding hydrogens is 438 g/mol. The van der Waals surface area contributed by atoms with E-state index in [1.807, 2.05) is 6.07 Å². The lowest BCUT2D eigenvalue weighted by Crippen LogP contribution is -2.23. The van der Waals surface area contributed by atoms with Crippen molar-refractivity contribution >= 4 is 39.5 Å². The van der Waals surface area contributed by atoms with E-state index in [-0.39, 0.29) is 5.92 Å². The van der Waals surface area contributed by atoms with Gasteiger partial charge in [-0.1, -0.05) is 80.1 Å². The number of nitrogens with zero attached hydrogens (tertiary/aromatic N) is 2. The van der Waals surface area contributed by atoms with Crippen LogP contribution in [0.1, 0.15) is 61.5 Å². The third-order valence-corrected chi connectivity index (χ3v) is 7.90. The summed E-state index contributed by atoms with van der Waals surface area (Å²) < 4.78 is 0. The van der Waals surface area contributed by atoms with Gasteiger partial charge in [0.1, 0.15) is 11.7 Å². The molecule has 0 bridgehead atoms. The van der Waals surface area contributed by atoms with Crippen molar-refractivity contribution in [3.05, 3.63) is 81.7 Å². The van der Waals surface area contributed by atoms with Crippen LogP contribution in [0.4, 0.5) is 16.6 Å². The molecule has 4 N–H and O–H groups in total. The van der Waals surface area contributed by atoms with Crippen LogP contribution in [-0.4, -0.2) is 16.5 Å². The molecule has 0 saturated carbocycles. The summed E-state index contributed by atoms with van der Waals surface area (Å²) >= 11 is 1.53. The molecular formula is C28H31N5S. The molecule has 2 unspecified atom stereocenters. The number of anilines is 3. The molecule has 3 aromatic rings. The van der Waals surface area contributed by atoms with Crippen molar-refractivity contribution in [3.8, 4) is 0 Å². The number of aromatic nitrogens is 1. The molecule has 174 valence electrons. The van der Waals surface area contributed by atoms with Crippen molar-refractivity contribution in [2.75, 3.05) is 11.1 Å². The Labute approximate surface area is 205 Å². The van der Waals surface area contributed by atoms with Gasteiger partial charge in [-0.2, -0.15) is 0 Å². The minimum Gasteiger partial charge on any atom is -0.382 e. The zero-order valence-corrected chi connectivity index (χ0v) is 20.6. The van der Waals surface area contributed by atoms with Gasteiger partial charge >= 0.3 is 0 Å². The fraction of sp³-hybridized carbons (Fsp3) is 0.321. The molecule has 0 saturated heterocycles. The highest BCUT2D eigenvalue weighted by Crippen LogP contribution is 2.47. The summed E-state index contributed by atoms with van der Waals surface area (Å²) in [5.74, 6) is 1.53. The molecule has 34 heavy (non-hydrogen) atoms. The Hall–Kier alpha value is -3.25. The van der Waals surface area contributed by atoms with E-state index < -0.39 is 0 Å². The number of hydrogen-bond acceptors (Lipinski definition) is 5. The topological polar surface area (TPSA) is 87.2 Å². The van der Waals surface area contributed by atoms with Gasteiger partial charge in [-0.3, -0.25) is 5.41 Å². The minimum atomic E-state index is 0.208. The molecule has 1 aromatic heterocycles. The molecule has 0 amide bonds. The number of rotatable bonds is 7. The highest BCUT2D eigenvalue weighted by Gasteiger charge is 2.39. The van der Waals surface area contributed by atoms with Gasteiger partial charge in [0.15, 0.2) is 5.13 Å². The lowest BCUT2D eigenvalue weighted by Gasteiger charge is -2.31. The van der Waals surface area contributed by atoms with Crippen LogP contribution in [0.5, 0.6) is 0 Å². The summed E-state index contributed by atoms with van der Waals surface area (Å²) in [6, 6.07) is 19.0. The van der Waals surface area contributed by atoms with E-state index >= 15 is 0 Å². The number of allylic oxidation sites excluding steroid dienone is 1. The first-order chi connectivity index (χ1) is 16.6. The molecule has 0 fully saturated rings. The van der Waals surface area contributed by atoms with E-state index in [4.69, 9.17) is 16.1 Å². The van der Waals surface area contributed by atoms with E-state index in [2.05, 4.69) is 72.7 Å². The molecule has 2 aliphatic rings. The van der Waals surface area contributed by atoms with E-state index in [0.29, 0.717) is 17.6 Å². The largest absolute Gasteiger partial charge is 0.382 e. The van der Waals surface area contributed by atoms with Crippen molar-refractivity contribution in [1.82, 2.24) is 4.98 Å². The van der Waals surface area contributed by atoms with E-state index in [0.717, 1.165) is 59.1 Å². The van der Waals surface area contributed by atoms with Gasteiger partial charge in [0.2, 0.25) is 0 Å². The maximum atomic E-state index is 8.60. The Morgan fingerprint density at radius 2 is 1.88 bits per heavy atom. The quantitative estimate of drug-likeness (QED) is 0.345. The van der Waals surface area contributed by atoms with Crippen molar-refractivity contribution in [2.24, 2.45) is 10.9 Å². The summed E-state index contributed by atoms with van der Waals surface area (Å²) in [6.07, 6.45) is 5.29. The number of aryl methyl sites for hydroxylation is 1. The average Bonchev–Trinajstić information content (AvgIpc) is 3.37. The van der Waals surface area contributed by atoms with E-state index in [9.17, 15) is 0 Å². The number of unbranched alkanes of at least 4 members (excludes halogenated alkanes) is 1.